The fourth-order valence-corrected chi connectivity index (χ4v) is 2.05. The van der Waals surface area contributed by atoms with Crippen LogP contribution >= 0.6 is 0 Å². The van der Waals surface area contributed by atoms with Crippen molar-refractivity contribution in [2.45, 2.75) is 26.4 Å². The summed E-state index contributed by atoms with van der Waals surface area (Å²) < 4.78 is 0. The van der Waals surface area contributed by atoms with Gasteiger partial charge < -0.3 is 16.0 Å². The number of carbonyl (C=O) groups is 2. The standard InChI is InChI=1S/C13H17N3O2/c1-8(2)15-12(17)7-16-6-9-3-4-10(14)5-11(9)13(16)18/h3-5,8H,6-7,14H2,1-2H3,(H,15,17). The van der Waals surface area contributed by atoms with E-state index in [2.05, 4.69) is 5.32 Å². The molecule has 1 aliphatic rings. The Morgan fingerprint density at radius 1 is 1.50 bits per heavy atom. The molecule has 1 heterocycles. The Kier molecular flexibility index (Phi) is 3.23. The van der Waals surface area contributed by atoms with Crippen molar-refractivity contribution >= 4 is 17.5 Å². The van der Waals surface area contributed by atoms with Gasteiger partial charge in [0.05, 0.1) is 0 Å². The van der Waals surface area contributed by atoms with Crippen molar-refractivity contribution in [3.63, 3.8) is 0 Å². The van der Waals surface area contributed by atoms with Crippen LogP contribution in [0.5, 0.6) is 0 Å². The van der Waals surface area contributed by atoms with E-state index in [1.807, 2.05) is 19.9 Å². The molecule has 0 spiro atoms. The lowest BCUT2D eigenvalue weighted by atomic mass is 10.1. The summed E-state index contributed by atoms with van der Waals surface area (Å²) in [6.07, 6.45) is 0. The third kappa shape index (κ3) is 2.45. The molecule has 0 aliphatic carbocycles. The van der Waals surface area contributed by atoms with Gasteiger partial charge in [0, 0.05) is 23.8 Å². The molecule has 0 aromatic heterocycles. The predicted octanol–water partition coefficient (Wildman–Crippen LogP) is 0.749. The van der Waals surface area contributed by atoms with Crippen molar-refractivity contribution in [2.75, 3.05) is 12.3 Å². The second kappa shape index (κ2) is 4.68. The van der Waals surface area contributed by atoms with Gasteiger partial charge in [0.2, 0.25) is 5.91 Å². The van der Waals surface area contributed by atoms with Gasteiger partial charge in [-0.2, -0.15) is 0 Å². The fraction of sp³-hybridized carbons (Fsp3) is 0.385. The van der Waals surface area contributed by atoms with Gasteiger partial charge in [0.25, 0.3) is 5.91 Å². The van der Waals surface area contributed by atoms with E-state index in [0.29, 0.717) is 17.8 Å². The van der Waals surface area contributed by atoms with Crippen molar-refractivity contribution in [3.05, 3.63) is 29.3 Å². The van der Waals surface area contributed by atoms with E-state index < -0.39 is 0 Å². The largest absolute Gasteiger partial charge is 0.399 e. The van der Waals surface area contributed by atoms with Crippen LogP contribution in [-0.4, -0.2) is 29.3 Å². The molecule has 5 heteroatoms. The van der Waals surface area contributed by atoms with E-state index in [9.17, 15) is 9.59 Å². The number of rotatable bonds is 3. The van der Waals surface area contributed by atoms with Gasteiger partial charge in [-0.05, 0) is 31.5 Å². The van der Waals surface area contributed by atoms with Crippen molar-refractivity contribution < 1.29 is 9.59 Å². The van der Waals surface area contributed by atoms with E-state index >= 15 is 0 Å². The minimum atomic E-state index is -0.140. The number of benzene rings is 1. The number of nitrogens with two attached hydrogens (primary N) is 1. The Labute approximate surface area is 106 Å². The second-order valence-electron chi connectivity index (χ2n) is 4.80. The first-order valence-corrected chi connectivity index (χ1v) is 5.94. The third-order valence-corrected chi connectivity index (χ3v) is 2.80. The number of carbonyl (C=O) groups excluding carboxylic acids is 2. The molecule has 3 N–H and O–H groups in total. The Morgan fingerprint density at radius 2 is 2.22 bits per heavy atom. The highest BCUT2D eigenvalue weighted by Crippen LogP contribution is 2.24. The molecule has 2 rings (SSSR count). The van der Waals surface area contributed by atoms with Crippen molar-refractivity contribution in [2.24, 2.45) is 0 Å². The summed E-state index contributed by atoms with van der Waals surface area (Å²) in [5, 5.41) is 2.77. The van der Waals surface area contributed by atoms with Crippen LogP contribution in [0.4, 0.5) is 5.69 Å². The normalized spacial score (nSPS) is 13.9. The molecule has 0 saturated carbocycles. The monoisotopic (exact) mass is 247 g/mol. The van der Waals surface area contributed by atoms with Crippen molar-refractivity contribution in [1.82, 2.24) is 10.2 Å². The third-order valence-electron chi connectivity index (χ3n) is 2.80. The maximum absolute atomic E-state index is 12.1. The predicted molar refractivity (Wildman–Crippen MR) is 68.9 cm³/mol. The van der Waals surface area contributed by atoms with Crippen molar-refractivity contribution in [1.29, 1.82) is 0 Å². The molecular formula is C13H17N3O2. The van der Waals surface area contributed by atoms with Gasteiger partial charge >= 0.3 is 0 Å². The lowest BCUT2D eigenvalue weighted by Gasteiger charge is -2.16. The van der Waals surface area contributed by atoms with E-state index in [1.165, 1.54) is 4.90 Å². The summed E-state index contributed by atoms with van der Waals surface area (Å²) in [5.74, 6) is -0.268. The molecule has 5 nitrogen and oxygen atoms in total. The number of amides is 2. The van der Waals surface area contributed by atoms with Crippen LogP contribution in [0.15, 0.2) is 18.2 Å². The molecule has 0 atom stereocenters. The molecule has 1 aliphatic heterocycles. The number of nitrogens with one attached hydrogen (secondary N) is 1. The molecule has 0 radical (unpaired) electrons. The Bertz CT molecular complexity index is 497. The number of anilines is 1. The Hall–Kier alpha value is -2.04. The molecule has 2 amide bonds. The molecule has 0 bridgehead atoms. The molecule has 18 heavy (non-hydrogen) atoms. The van der Waals surface area contributed by atoms with Crippen LogP contribution in [0.25, 0.3) is 0 Å². The summed E-state index contributed by atoms with van der Waals surface area (Å²) >= 11 is 0. The smallest absolute Gasteiger partial charge is 0.255 e. The quantitative estimate of drug-likeness (QED) is 0.774. The maximum Gasteiger partial charge on any atom is 0.255 e. The fourth-order valence-electron chi connectivity index (χ4n) is 2.05. The summed E-state index contributed by atoms with van der Waals surface area (Å²) in [7, 11) is 0. The Morgan fingerprint density at radius 3 is 2.89 bits per heavy atom. The molecule has 1 aromatic carbocycles. The molecule has 96 valence electrons. The minimum absolute atomic E-state index is 0.0771. The minimum Gasteiger partial charge on any atom is -0.399 e. The van der Waals surface area contributed by atoms with Gasteiger partial charge in [-0.25, -0.2) is 0 Å². The lowest BCUT2D eigenvalue weighted by Crippen LogP contribution is -2.40. The van der Waals surface area contributed by atoms with Crippen LogP contribution in [-0.2, 0) is 11.3 Å². The SMILES string of the molecule is CC(C)NC(=O)CN1Cc2ccc(N)cc2C1=O. The first-order valence-electron chi connectivity index (χ1n) is 5.94. The molecule has 0 fully saturated rings. The summed E-state index contributed by atoms with van der Waals surface area (Å²) in [6, 6.07) is 5.35. The van der Waals surface area contributed by atoms with E-state index in [4.69, 9.17) is 5.73 Å². The average Bonchev–Trinajstić information content (AvgIpc) is 2.55. The van der Waals surface area contributed by atoms with Crippen LogP contribution in [0, 0.1) is 0 Å². The molecule has 0 unspecified atom stereocenters. The summed E-state index contributed by atoms with van der Waals surface area (Å²) in [4.78, 5) is 25.2. The van der Waals surface area contributed by atoms with E-state index in [0.717, 1.165) is 5.56 Å². The topological polar surface area (TPSA) is 75.4 Å². The zero-order chi connectivity index (χ0) is 13.3. The van der Waals surface area contributed by atoms with Gasteiger partial charge in [-0.1, -0.05) is 6.07 Å². The van der Waals surface area contributed by atoms with Crippen LogP contribution in [0.1, 0.15) is 29.8 Å². The summed E-state index contributed by atoms with van der Waals surface area (Å²) in [5.41, 5.74) is 7.75. The first kappa shape index (κ1) is 12.4. The Balaban J connectivity index is 2.07. The van der Waals surface area contributed by atoms with E-state index in [1.54, 1.807) is 12.1 Å². The average molecular weight is 247 g/mol. The van der Waals surface area contributed by atoms with Crippen LogP contribution < -0.4 is 11.1 Å². The van der Waals surface area contributed by atoms with Gasteiger partial charge in [-0.3, -0.25) is 9.59 Å². The molecular weight excluding hydrogens is 230 g/mol. The van der Waals surface area contributed by atoms with Gasteiger partial charge in [0.15, 0.2) is 0 Å². The number of hydrogen-bond acceptors (Lipinski definition) is 3. The highest BCUT2D eigenvalue weighted by atomic mass is 16.2. The van der Waals surface area contributed by atoms with E-state index in [-0.39, 0.29) is 24.4 Å². The number of nitrogens with zero attached hydrogens (tertiary/aromatic N) is 1. The number of nitrogen functional groups attached to an aromatic ring is 1. The van der Waals surface area contributed by atoms with Crippen molar-refractivity contribution in [3.8, 4) is 0 Å². The lowest BCUT2D eigenvalue weighted by molar-refractivity contribution is -0.122. The van der Waals surface area contributed by atoms with Gasteiger partial charge in [-0.15, -0.1) is 0 Å². The highest BCUT2D eigenvalue weighted by Gasteiger charge is 2.28. The highest BCUT2D eigenvalue weighted by molar-refractivity contribution is 6.00. The zero-order valence-electron chi connectivity index (χ0n) is 10.6. The maximum atomic E-state index is 12.1. The van der Waals surface area contributed by atoms with Crippen LogP contribution in [0.2, 0.25) is 0 Å². The van der Waals surface area contributed by atoms with Crippen LogP contribution in [0.3, 0.4) is 0 Å². The second-order valence-corrected chi connectivity index (χ2v) is 4.80. The molecule has 1 aromatic rings. The number of hydrogen-bond donors (Lipinski definition) is 2. The number of fused-ring (bicyclic) bond motifs is 1. The van der Waals surface area contributed by atoms with Gasteiger partial charge in [0.1, 0.15) is 6.54 Å². The molecule has 0 saturated heterocycles. The summed E-state index contributed by atoms with van der Waals surface area (Å²) in [6.45, 7) is 4.34. The zero-order valence-corrected chi connectivity index (χ0v) is 10.6. The first-order chi connectivity index (χ1) is 8.47.